The molecule has 0 spiro atoms. The first-order valence-corrected chi connectivity index (χ1v) is 13.8. The summed E-state index contributed by atoms with van der Waals surface area (Å²) in [5, 5.41) is 0. The lowest BCUT2D eigenvalue weighted by Crippen LogP contribution is -2.38. The van der Waals surface area contributed by atoms with Crippen LogP contribution in [0.25, 0.3) is 0 Å². The summed E-state index contributed by atoms with van der Waals surface area (Å²) in [4.78, 5) is 35.1. The molecule has 0 bridgehead atoms. The summed E-state index contributed by atoms with van der Waals surface area (Å²) in [7, 11) is 1.30. The molecule has 0 aliphatic heterocycles. The molecule has 178 valence electrons. The fraction of sp³-hybridized carbons (Fsp3) is 0.667. The molecule has 0 aliphatic carbocycles. The molecule has 0 unspecified atom stereocenters. The zero-order valence-electron chi connectivity index (χ0n) is 19.1. The van der Waals surface area contributed by atoms with E-state index >= 15 is 0 Å². The lowest BCUT2D eigenvalue weighted by molar-refractivity contribution is -0.158. The van der Waals surface area contributed by atoms with Gasteiger partial charge in [0.1, 0.15) is 19.8 Å². The lowest BCUT2D eigenvalue weighted by Gasteiger charge is -2.30. The van der Waals surface area contributed by atoms with Crippen molar-refractivity contribution in [3.63, 3.8) is 0 Å². The maximum Gasteiger partial charge on any atom is 0.334 e. The van der Waals surface area contributed by atoms with Crippen LogP contribution < -0.4 is 0 Å². The van der Waals surface area contributed by atoms with Gasteiger partial charge < -0.3 is 23.1 Å². The number of carbonyl (C=O) groups excluding carboxylic acids is 3. The molecule has 8 nitrogen and oxygen atoms in total. The summed E-state index contributed by atoms with van der Waals surface area (Å²) in [6.45, 7) is 10.4. The van der Waals surface area contributed by atoms with Crippen LogP contribution >= 0.6 is 11.8 Å². The van der Waals surface area contributed by atoms with E-state index in [9.17, 15) is 14.4 Å². The van der Waals surface area contributed by atoms with Crippen LogP contribution in [0.2, 0.25) is 12.6 Å². The third-order valence-electron chi connectivity index (χ3n) is 4.90. The average Bonchev–Trinajstić information content (AvgIpc) is 2.80. The molecular weight excluding hydrogens is 440 g/mol. The molecule has 0 N–H and O–H groups in total. The Hall–Kier alpha value is -1.62. The van der Waals surface area contributed by atoms with Gasteiger partial charge in [-0.3, -0.25) is 4.79 Å². The Bertz CT molecular complexity index is 568. The van der Waals surface area contributed by atoms with Crippen LogP contribution in [0.1, 0.15) is 26.2 Å². The minimum absolute atomic E-state index is 0.0342. The minimum atomic E-state index is -2.04. The largest absolute Gasteiger partial charge is 0.465 e. The molecule has 0 saturated carbocycles. The van der Waals surface area contributed by atoms with Gasteiger partial charge in [-0.2, -0.15) is 11.8 Å². The monoisotopic (exact) mass is 476 g/mol. The van der Waals surface area contributed by atoms with Crippen molar-refractivity contribution in [3.05, 3.63) is 25.3 Å². The van der Waals surface area contributed by atoms with E-state index in [1.165, 1.54) is 0 Å². The van der Waals surface area contributed by atoms with Crippen molar-refractivity contribution in [1.29, 1.82) is 0 Å². The third-order valence-corrected chi connectivity index (χ3v) is 8.96. The van der Waals surface area contributed by atoms with Gasteiger partial charge in [0.25, 0.3) is 0 Å². The summed E-state index contributed by atoms with van der Waals surface area (Å²) in [6.07, 6.45) is 3.76. The van der Waals surface area contributed by atoms with Gasteiger partial charge in [0.05, 0.1) is 11.8 Å². The van der Waals surface area contributed by atoms with E-state index < -0.39 is 25.9 Å². The van der Waals surface area contributed by atoms with Gasteiger partial charge in [-0.1, -0.05) is 20.1 Å². The Morgan fingerprint density at radius 1 is 0.935 bits per heavy atom. The predicted octanol–water partition coefficient (Wildman–Crippen LogP) is 3.26. The van der Waals surface area contributed by atoms with Gasteiger partial charge in [0.15, 0.2) is 0 Å². The first-order chi connectivity index (χ1) is 14.7. The van der Waals surface area contributed by atoms with Gasteiger partial charge >= 0.3 is 26.5 Å². The highest BCUT2D eigenvalue weighted by atomic mass is 32.2. The molecule has 0 aromatic heterocycles. The van der Waals surface area contributed by atoms with E-state index in [2.05, 4.69) is 13.2 Å². The zero-order chi connectivity index (χ0) is 23.8. The topological polar surface area (TPSA) is 97.4 Å². The fourth-order valence-corrected chi connectivity index (χ4v) is 4.86. The van der Waals surface area contributed by atoms with Crippen molar-refractivity contribution in [2.75, 3.05) is 45.5 Å². The van der Waals surface area contributed by atoms with Crippen molar-refractivity contribution in [2.24, 2.45) is 5.41 Å². The maximum atomic E-state index is 12.2. The molecular formula is C21H36O8SSi. The number of rotatable bonds is 18. The number of esters is 3. The molecule has 0 fully saturated rings. The molecule has 0 aliphatic rings. The van der Waals surface area contributed by atoms with Crippen LogP contribution in [0.4, 0.5) is 0 Å². The van der Waals surface area contributed by atoms with Crippen molar-refractivity contribution in [3.8, 4) is 0 Å². The normalized spacial score (nSPS) is 11.5. The second kappa shape index (κ2) is 16.1. The third kappa shape index (κ3) is 12.7. The van der Waals surface area contributed by atoms with Crippen LogP contribution in [-0.4, -0.2) is 72.0 Å². The van der Waals surface area contributed by atoms with Crippen molar-refractivity contribution in [2.45, 2.75) is 38.8 Å². The lowest BCUT2D eigenvalue weighted by atomic mass is 9.88. The van der Waals surface area contributed by atoms with E-state index in [-0.39, 0.29) is 32.2 Å². The Labute approximate surface area is 190 Å². The molecule has 0 amide bonds. The van der Waals surface area contributed by atoms with Crippen LogP contribution in [0.15, 0.2) is 25.3 Å². The summed E-state index contributed by atoms with van der Waals surface area (Å²) in [6, 6.07) is 0.892. The van der Waals surface area contributed by atoms with Gasteiger partial charge in [-0.05, 0) is 31.2 Å². The zero-order valence-corrected chi connectivity index (χ0v) is 20.9. The number of hydrogen-bond acceptors (Lipinski definition) is 9. The second-order valence-corrected chi connectivity index (χ2v) is 12.0. The van der Waals surface area contributed by atoms with Gasteiger partial charge in [-0.15, -0.1) is 0 Å². The second-order valence-electron chi connectivity index (χ2n) is 7.15. The molecule has 0 aromatic rings. The predicted molar refractivity (Wildman–Crippen MR) is 123 cm³/mol. The summed E-state index contributed by atoms with van der Waals surface area (Å²) in [5.41, 5.74) is -0.838. The Kier molecular flexibility index (Phi) is 15.2. The van der Waals surface area contributed by atoms with Gasteiger partial charge in [-0.25, -0.2) is 9.59 Å². The highest BCUT2D eigenvalue weighted by molar-refractivity contribution is 7.99. The molecule has 0 radical (unpaired) electrons. The summed E-state index contributed by atoms with van der Waals surface area (Å²) in [5.74, 6) is -0.0272. The Morgan fingerprint density at radius 3 is 1.90 bits per heavy atom. The highest BCUT2D eigenvalue weighted by Crippen LogP contribution is 2.25. The molecule has 0 atom stereocenters. The molecule has 31 heavy (non-hydrogen) atoms. The number of carbonyl (C=O) groups is 3. The number of ether oxygens (including phenoxy) is 3. The van der Waals surface area contributed by atoms with E-state index in [1.807, 2.05) is 13.5 Å². The summed E-state index contributed by atoms with van der Waals surface area (Å²) >= 11 is 1.67. The number of hydrogen-bond donors (Lipinski definition) is 0. The Balaban J connectivity index is 4.49. The maximum absolute atomic E-state index is 12.2. The fourth-order valence-electron chi connectivity index (χ4n) is 2.34. The van der Waals surface area contributed by atoms with Crippen LogP contribution in [-0.2, 0) is 37.4 Å². The van der Waals surface area contributed by atoms with E-state index in [0.717, 1.165) is 30.4 Å². The highest BCUT2D eigenvalue weighted by Gasteiger charge is 2.34. The Morgan fingerprint density at radius 2 is 1.45 bits per heavy atom. The van der Waals surface area contributed by atoms with E-state index in [1.54, 1.807) is 26.0 Å². The van der Waals surface area contributed by atoms with Crippen LogP contribution in [0.5, 0.6) is 0 Å². The first kappa shape index (κ1) is 29.4. The molecule has 0 saturated heterocycles. The molecule has 0 aromatic carbocycles. The van der Waals surface area contributed by atoms with Crippen molar-refractivity contribution >= 4 is 38.2 Å². The minimum Gasteiger partial charge on any atom is -0.465 e. The SMILES string of the molecule is C=CC(=O)OCC(CC)(COC(=O)C=C)COC(=O)CCSCCC[Si](C)(OC)OC. The van der Waals surface area contributed by atoms with Crippen LogP contribution in [0.3, 0.4) is 0 Å². The standard InChI is InChI=1S/C21H36O8SSi/c1-7-18(22)27-15-21(9-3,16-28-19(23)8-2)17-29-20(24)11-13-30-12-10-14-31(6,25-4)26-5/h7-8H,1-2,9-17H2,3-6H3. The number of thioether (sulfide) groups is 1. The molecule has 0 heterocycles. The summed E-state index contributed by atoms with van der Waals surface area (Å²) < 4.78 is 26.6. The van der Waals surface area contributed by atoms with Gasteiger partial charge in [0.2, 0.25) is 0 Å². The molecule has 10 heteroatoms. The van der Waals surface area contributed by atoms with Gasteiger partial charge in [0, 0.05) is 32.1 Å². The average molecular weight is 477 g/mol. The van der Waals surface area contributed by atoms with Crippen molar-refractivity contribution < 1.29 is 37.4 Å². The quantitative estimate of drug-likeness (QED) is 0.0970. The first-order valence-electron chi connectivity index (χ1n) is 10.1. The smallest absolute Gasteiger partial charge is 0.334 e. The van der Waals surface area contributed by atoms with Crippen LogP contribution in [0, 0.1) is 5.41 Å². The van der Waals surface area contributed by atoms with E-state index in [4.69, 9.17) is 23.1 Å². The van der Waals surface area contributed by atoms with Crippen molar-refractivity contribution in [1.82, 2.24) is 0 Å². The molecule has 0 rings (SSSR count). The van der Waals surface area contributed by atoms with E-state index in [0.29, 0.717) is 12.2 Å².